The molecular formula is C12H23NO. The van der Waals surface area contributed by atoms with E-state index >= 15 is 0 Å². The summed E-state index contributed by atoms with van der Waals surface area (Å²) < 4.78 is 5.55. The fourth-order valence-corrected chi connectivity index (χ4v) is 1.83. The molecule has 2 heteroatoms. The molecule has 0 aromatic carbocycles. The molecule has 0 spiro atoms. The number of unbranched alkanes of at least 4 members (excludes halogenated alkanes) is 1. The number of piperidine rings is 1. The van der Waals surface area contributed by atoms with Crippen LogP contribution in [-0.2, 0) is 4.74 Å². The first-order valence-electron chi connectivity index (χ1n) is 5.85. The number of allylic oxidation sites excluding steroid dienone is 1. The summed E-state index contributed by atoms with van der Waals surface area (Å²) in [6, 6.07) is 0.711. The van der Waals surface area contributed by atoms with Gasteiger partial charge in [-0.3, -0.25) is 0 Å². The molecule has 82 valence electrons. The van der Waals surface area contributed by atoms with Crippen molar-refractivity contribution in [1.29, 1.82) is 0 Å². The van der Waals surface area contributed by atoms with Crippen LogP contribution in [0.15, 0.2) is 12.7 Å². The van der Waals surface area contributed by atoms with Crippen molar-refractivity contribution in [2.24, 2.45) is 0 Å². The number of rotatable bonds is 7. The van der Waals surface area contributed by atoms with Crippen molar-refractivity contribution >= 4 is 0 Å². The maximum atomic E-state index is 5.55. The highest BCUT2D eigenvalue weighted by atomic mass is 16.5. The summed E-state index contributed by atoms with van der Waals surface area (Å²) in [6.07, 6.45) is 9.37. The minimum absolute atomic E-state index is 0.711. The maximum Gasteiger partial charge on any atom is 0.0480 e. The standard InChI is InChI=1S/C12H23NO/c1-2-3-6-10-14-11-8-12-7-4-5-9-13-12/h2,12-13H,1,3-11H2/t12-/m0/s1. The molecule has 0 aromatic heterocycles. The zero-order chi connectivity index (χ0) is 10.1. The number of hydrogen-bond acceptors (Lipinski definition) is 2. The van der Waals surface area contributed by atoms with Crippen molar-refractivity contribution in [3.63, 3.8) is 0 Å². The highest BCUT2D eigenvalue weighted by Gasteiger charge is 2.11. The van der Waals surface area contributed by atoms with E-state index in [0.717, 1.165) is 26.1 Å². The van der Waals surface area contributed by atoms with Crippen LogP contribution in [-0.4, -0.2) is 25.8 Å². The molecule has 1 heterocycles. The summed E-state index contributed by atoms with van der Waals surface area (Å²) in [7, 11) is 0. The van der Waals surface area contributed by atoms with E-state index in [2.05, 4.69) is 11.9 Å². The molecule has 0 radical (unpaired) electrons. The summed E-state index contributed by atoms with van der Waals surface area (Å²) in [4.78, 5) is 0. The van der Waals surface area contributed by atoms with E-state index in [1.807, 2.05) is 6.08 Å². The number of hydrogen-bond donors (Lipinski definition) is 1. The van der Waals surface area contributed by atoms with Gasteiger partial charge in [0.05, 0.1) is 0 Å². The second-order valence-electron chi connectivity index (χ2n) is 3.98. The first-order valence-corrected chi connectivity index (χ1v) is 5.85. The van der Waals surface area contributed by atoms with E-state index in [1.165, 1.54) is 32.2 Å². The third kappa shape index (κ3) is 5.40. The van der Waals surface area contributed by atoms with E-state index in [9.17, 15) is 0 Å². The van der Waals surface area contributed by atoms with Gasteiger partial charge in [-0.25, -0.2) is 0 Å². The Balaban J connectivity index is 1.85. The second-order valence-corrected chi connectivity index (χ2v) is 3.98. The average molecular weight is 197 g/mol. The van der Waals surface area contributed by atoms with Crippen LogP contribution in [0.3, 0.4) is 0 Å². The molecule has 1 rings (SSSR count). The predicted molar refractivity (Wildman–Crippen MR) is 60.5 cm³/mol. The van der Waals surface area contributed by atoms with Gasteiger partial charge in [0.15, 0.2) is 0 Å². The Kier molecular flexibility index (Phi) is 6.71. The molecule has 1 aliphatic rings. The van der Waals surface area contributed by atoms with Gasteiger partial charge in [0.2, 0.25) is 0 Å². The Morgan fingerprint density at radius 3 is 3.00 bits per heavy atom. The third-order valence-electron chi connectivity index (χ3n) is 2.72. The predicted octanol–water partition coefficient (Wildman–Crippen LogP) is 2.50. The lowest BCUT2D eigenvalue weighted by Crippen LogP contribution is -2.34. The minimum Gasteiger partial charge on any atom is -0.381 e. The second kappa shape index (κ2) is 8.01. The topological polar surface area (TPSA) is 21.3 Å². The van der Waals surface area contributed by atoms with Crippen LogP contribution in [0, 0.1) is 0 Å². The first kappa shape index (κ1) is 11.7. The summed E-state index contributed by atoms with van der Waals surface area (Å²) in [5.74, 6) is 0. The quantitative estimate of drug-likeness (QED) is 0.500. The van der Waals surface area contributed by atoms with Gasteiger partial charge >= 0.3 is 0 Å². The van der Waals surface area contributed by atoms with E-state index < -0.39 is 0 Å². The summed E-state index contributed by atoms with van der Waals surface area (Å²) in [5, 5.41) is 3.52. The zero-order valence-electron chi connectivity index (χ0n) is 9.13. The Hall–Kier alpha value is -0.340. The molecule has 0 saturated carbocycles. The van der Waals surface area contributed by atoms with Gasteiger partial charge in [-0.1, -0.05) is 12.5 Å². The van der Waals surface area contributed by atoms with Crippen LogP contribution in [0.2, 0.25) is 0 Å². The molecule has 1 N–H and O–H groups in total. The van der Waals surface area contributed by atoms with Crippen LogP contribution in [0.5, 0.6) is 0 Å². The summed E-state index contributed by atoms with van der Waals surface area (Å²) in [5.41, 5.74) is 0. The first-order chi connectivity index (χ1) is 6.93. The van der Waals surface area contributed by atoms with Crippen molar-refractivity contribution < 1.29 is 4.74 Å². The lowest BCUT2D eigenvalue weighted by Gasteiger charge is -2.23. The third-order valence-corrected chi connectivity index (χ3v) is 2.72. The molecule has 1 fully saturated rings. The van der Waals surface area contributed by atoms with Crippen LogP contribution in [0.25, 0.3) is 0 Å². The van der Waals surface area contributed by atoms with E-state index in [0.29, 0.717) is 6.04 Å². The smallest absolute Gasteiger partial charge is 0.0480 e. The maximum absolute atomic E-state index is 5.55. The normalized spacial score (nSPS) is 22.1. The van der Waals surface area contributed by atoms with Gasteiger partial charge in [-0.05, 0) is 38.6 Å². The fraction of sp³-hybridized carbons (Fsp3) is 0.833. The van der Waals surface area contributed by atoms with Gasteiger partial charge in [-0.2, -0.15) is 0 Å². The highest BCUT2D eigenvalue weighted by molar-refractivity contribution is 4.71. The number of ether oxygens (including phenoxy) is 1. The van der Waals surface area contributed by atoms with Gasteiger partial charge < -0.3 is 10.1 Å². The Morgan fingerprint density at radius 1 is 1.36 bits per heavy atom. The molecule has 0 bridgehead atoms. The zero-order valence-corrected chi connectivity index (χ0v) is 9.13. The van der Waals surface area contributed by atoms with Crippen LogP contribution in [0.1, 0.15) is 38.5 Å². The van der Waals surface area contributed by atoms with E-state index in [-0.39, 0.29) is 0 Å². The average Bonchev–Trinajstić information content (AvgIpc) is 2.25. The molecule has 0 aliphatic carbocycles. The SMILES string of the molecule is C=CCCCOCC[C@@H]1CCCCN1. The summed E-state index contributed by atoms with van der Waals surface area (Å²) >= 11 is 0. The molecule has 0 aromatic rings. The van der Waals surface area contributed by atoms with Crippen LogP contribution >= 0.6 is 0 Å². The Morgan fingerprint density at radius 2 is 2.29 bits per heavy atom. The van der Waals surface area contributed by atoms with Gasteiger partial charge in [-0.15, -0.1) is 6.58 Å². The molecule has 0 amide bonds. The lowest BCUT2D eigenvalue weighted by atomic mass is 10.0. The highest BCUT2D eigenvalue weighted by Crippen LogP contribution is 2.09. The molecule has 2 nitrogen and oxygen atoms in total. The fourth-order valence-electron chi connectivity index (χ4n) is 1.83. The van der Waals surface area contributed by atoms with Crippen molar-refractivity contribution in [3.8, 4) is 0 Å². The molecule has 14 heavy (non-hydrogen) atoms. The van der Waals surface area contributed by atoms with E-state index in [1.54, 1.807) is 0 Å². The molecule has 1 saturated heterocycles. The van der Waals surface area contributed by atoms with Crippen LogP contribution < -0.4 is 5.32 Å². The Labute approximate surface area is 87.7 Å². The van der Waals surface area contributed by atoms with Crippen molar-refractivity contribution in [2.45, 2.75) is 44.6 Å². The van der Waals surface area contributed by atoms with Gasteiger partial charge in [0, 0.05) is 19.3 Å². The van der Waals surface area contributed by atoms with E-state index in [4.69, 9.17) is 4.74 Å². The van der Waals surface area contributed by atoms with Crippen molar-refractivity contribution in [2.75, 3.05) is 19.8 Å². The molecule has 1 aliphatic heterocycles. The monoisotopic (exact) mass is 197 g/mol. The van der Waals surface area contributed by atoms with Gasteiger partial charge in [0.1, 0.15) is 0 Å². The molecule has 0 unspecified atom stereocenters. The van der Waals surface area contributed by atoms with Crippen molar-refractivity contribution in [3.05, 3.63) is 12.7 Å². The van der Waals surface area contributed by atoms with Crippen LogP contribution in [0.4, 0.5) is 0 Å². The lowest BCUT2D eigenvalue weighted by molar-refractivity contribution is 0.119. The molecular weight excluding hydrogens is 174 g/mol. The largest absolute Gasteiger partial charge is 0.381 e. The van der Waals surface area contributed by atoms with Gasteiger partial charge in [0.25, 0.3) is 0 Å². The Bertz CT molecular complexity index is 141. The minimum atomic E-state index is 0.711. The number of nitrogens with one attached hydrogen (secondary N) is 1. The van der Waals surface area contributed by atoms with Crippen molar-refractivity contribution in [1.82, 2.24) is 5.32 Å². The molecule has 1 atom stereocenters. The summed E-state index contributed by atoms with van der Waals surface area (Å²) in [6.45, 7) is 6.68.